The van der Waals surface area contributed by atoms with Crippen molar-refractivity contribution < 1.29 is 27.1 Å². The van der Waals surface area contributed by atoms with Gasteiger partial charge in [0.25, 0.3) is 0 Å². The summed E-state index contributed by atoms with van der Waals surface area (Å²) in [6.07, 6.45) is -1.26. The van der Waals surface area contributed by atoms with Crippen LogP contribution in [0.15, 0.2) is 55.1 Å². The molecule has 12 heteroatoms. The van der Waals surface area contributed by atoms with Gasteiger partial charge in [-0.05, 0) is 25.1 Å². The first-order chi connectivity index (χ1) is 17.5. The molecule has 0 spiro atoms. The Morgan fingerprint density at radius 3 is 2.65 bits per heavy atom. The van der Waals surface area contributed by atoms with Gasteiger partial charge in [0.15, 0.2) is 0 Å². The third kappa shape index (κ3) is 5.00. The molecule has 2 aromatic heterocycles. The molecule has 3 heterocycles. The van der Waals surface area contributed by atoms with E-state index in [-0.39, 0.29) is 12.1 Å². The Bertz CT molecular complexity index is 1410. The van der Waals surface area contributed by atoms with Gasteiger partial charge >= 0.3 is 6.18 Å². The van der Waals surface area contributed by atoms with Crippen LogP contribution in [-0.2, 0) is 31.3 Å². The molecule has 0 fully saturated rings. The SMILES string of the molecule is CC(N1CCc2nc(-c3cccc(C(F)(F)F)c3)sc2C1)C(O)(Cn1cncn1)c1ccc(F)cc1F. The number of fused-ring (bicyclic) bond motifs is 1. The van der Waals surface area contributed by atoms with E-state index in [9.17, 15) is 27.1 Å². The Morgan fingerprint density at radius 1 is 1.14 bits per heavy atom. The molecule has 2 atom stereocenters. The fourth-order valence-electron chi connectivity index (χ4n) is 4.64. The van der Waals surface area contributed by atoms with Crippen LogP contribution in [0.1, 0.15) is 28.6 Å². The van der Waals surface area contributed by atoms with Crippen LogP contribution in [0.4, 0.5) is 22.0 Å². The molecule has 37 heavy (non-hydrogen) atoms. The van der Waals surface area contributed by atoms with Gasteiger partial charge in [-0.1, -0.05) is 18.2 Å². The van der Waals surface area contributed by atoms with Gasteiger partial charge in [-0.3, -0.25) is 4.90 Å². The van der Waals surface area contributed by atoms with E-state index >= 15 is 0 Å². The van der Waals surface area contributed by atoms with Crippen LogP contribution in [0.3, 0.4) is 0 Å². The molecule has 2 aromatic carbocycles. The largest absolute Gasteiger partial charge is 0.416 e. The third-order valence-corrected chi connectivity index (χ3v) is 7.84. The zero-order valence-electron chi connectivity index (χ0n) is 19.6. The standard InChI is InChI=1S/C25H22F5N5OS/c1-15(24(36,12-35-14-31-13-32-35)19-6-5-18(26)10-20(19)27)34-8-7-21-22(11-34)37-23(33-21)16-3-2-4-17(9-16)25(28,29)30/h2-6,9-10,13-15,36H,7-8,11-12H2,1H3. The molecule has 194 valence electrons. The van der Waals surface area contributed by atoms with Gasteiger partial charge in [-0.25, -0.2) is 23.4 Å². The van der Waals surface area contributed by atoms with E-state index < -0.39 is 35.0 Å². The summed E-state index contributed by atoms with van der Waals surface area (Å²) in [5, 5.41) is 16.4. The highest BCUT2D eigenvalue weighted by Gasteiger charge is 2.43. The molecule has 0 aliphatic carbocycles. The van der Waals surface area contributed by atoms with Crippen molar-refractivity contribution in [1.82, 2.24) is 24.6 Å². The van der Waals surface area contributed by atoms with Gasteiger partial charge in [0.1, 0.15) is 34.9 Å². The Kier molecular flexibility index (Phi) is 6.59. The van der Waals surface area contributed by atoms with E-state index in [0.29, 0.717) is 30.1 Å². The number of hydrogen-bond acceptors (Lipinski definition) is 6. The zero-order valence-corrected chi connectivity index (χ0v) is 20.4. The molecule has 0 radical (unpaired) electrons. The summed E-state index contributed by atoms with van der Waals surface area (Å²) >= 11 is 1.29. The number of nitrogens with zero attached hydrogens (tertiary/aromatic N) is 5. The van der Waals surface area contributed by atoms with Crippen LogP contribution in [-0.4, -0.2) is 42.3 Å². The molecule has 1 aliphatic heterocycles. The maximum Gasteiger partial charge on any atom is 0.416 e. The average Bonchev–Trinajstić information content (AvgIpc) is 3.52. The normalized spacial score (nSPS) is 16.8. The van der Waals surface area contributed by atoms with Crippen LogP contribution in [0.25, 0.3) is 10.6 Å². The van der Waals surface area contributed by atoms with E-state index in [2.05, 4.69) is 15.1 Å². The van der Waals surface area contributed by atoms with Gasteiger partial charge in [0, 0.05) is 47.6 Å². The number of hydrogen-bond donors (Lipinski definition) is 1. The van der Waals surface area contributed by atoms with E-state index in [1.165, 1.54) is 40.8 Å². The molecule has 0 amide bonds. The molecule has 0 saturated carbocycles. The highest BCUT2D eigenvalue weighted by molar-refractivity contribution is 7.15. The predicted octanol–water partition coefficient (Wildman–Crippen LogP) is 5.03. The number of aliphatic hydroxyl groups is 1. The van der Waals surface area contributed by atoms with Crippen LogP contribution in [0.2, 0.25) is 0 Å². The second-order valence-electron chi connectivity index (χ2n) is 9.01. The molecular weight excluding hydrogens is 513 g/mol. The number of thiazole rings is 1. The Morgan fingerprint density at radius 2 is 1.95 bits per heavy atom. The lowest BCUT2D eigenvalue weighted by molar-refractivity contribution is -0.137. The highest BCUT2D eigenvalue weighted by Crippen LogP contribution is 2.38. The lowest BCUT2D eigenvalue weighted by Crippen LogP contribution is -2.53. The summed E-state index contributed by atoms with van der Waals surface area (Å²) in [5.41, 5.74) is -1.44. The number of alkyl halides is 3. The molecule has 1 N–H and O–H groups in total. The first-order valence-corrected chi connectivity index (χ1v) is 12.3. The lowest BCUT2D eigenvalue weighted by atomic mass is 9.85. The minimum atomic E-state index is -4.46. The number of benzene rings is 2. The van der Waals surface area contributed by atoms with Crippen molar-refractivity contribution in [3.05, 3.63) is 88.5 Å². The van der Waals surface area contributed by atoms with Crippen molar-refractivity contribution >= 4 is 11.3 Å². The van der Waals surface area contributed by atoms with Crippen molar-refractivity contribution in [2.24, 2.45) is 0 Å². The topological polar surface area (TPSA) is 67.1 Å². The van der Waals surface area contributed by atoms with E-state index in [0.717, 1.165) is 34.8 Å². The van der Waals surface area contributed by atoms with Gasteiger partial charge in [-0.15, -0.1) is 11.3 Å². The Labute approximate surface area is 213 Å². The first kappa shape index (κ1) is 25.4. The van der Waals surface area contributed by atoms with Crippen LogP contribution < -0.4 is 0 Å². The predicted molar refractivity (Wildman–Crippen MR) is 126 cm³/mol. The van der Waals surface area contributed by atoms with Crippen molar-refractivity contribution in [3.8, 4) is 10.6 Å². The maximum atomic E-state index is 14.9. The maximum absolute atomic E-state index is 14.9. The van der Waals surface area contributed by atoms with Gasteiger partial charge in [0.2, 0.25) is 0 Å². The smallest absolute Gasteiger partial charge is 0.381 e. The zero-order chi connectivity index (χ0) is 26.4. The molecular formula is C25H22F5N5OS. The van der Waals surface area contributed by atoms with E-state index in [4.69, 9.17) is 0 Å². The molecule has 4 aromatic rings. The molecule has 0 bridgehead atoms. The fourth-order valence-corrected chi connectivity index (χ4v) is 5.77. The fraction of sp³-hybridized carbons (Fsp3) is 0.320. The minimum Gasteiger partial charge on any atom is -0.381 e. The van der Waals surface area contributed by atoms with E-state index in [1.54, 1.807) is 13.0 Å². The van der Waals surface area contributed by atoms with Gasteiger partial charge < -0.3 is 5.11 Å². The first-order valence-electron chi connectivity index (χ1n) is 11.4. The summed E-state index contributed by atoms with van der Waals surface area (Å²) in [6.45, 7) is 2.45. The second kappa shape index (κ2) is 9.58. The van der Waals surface area contributed by atoms with E-state index in [1.807, 2.05) is 4.90 Å². The number of halogens is 5. The van der Waals surface area contributed by atoms with Crippen LogP contribution in [0, 0.1) is 11.6 Å². The van der Waals surface area contributed by atoms with Gasteiger partial charge in [0.05, 0.1) is 17.8 Å². The molecule has 0 saturated heterocycles. The molecule has 1 aliphatic rings. The minimum absolute atomic E-state index is 0.0725. The molecule has 5 rings (SSSR count). The second-order valence-corrected chi connectivity index (χ2v) is 10.1. The number of rotatable bonds is 6. The Hall–Kier alpha value is -3.22. The molecule has 2 unspecified atom stereocenters. The summed E-state index contributed by atoms with van der Waals surface area (Å²) < 4.78 is 69.5. The quantitative estimate of drug-likeness (QED) is 0.351. The van der Waals surface area contributed by atoms with Crippen molar-refractivity contribution in [1.29, 1.82) is 0 Å². The van der Waals surface area contributed by atoms with Crippen molar-refractivity contribution in [2.45, 2.75) is 44.3 Å². The number of aromatic nitrogens is 4. The van der Waals surface area contributed by atoms with Gasteiger partial charge in [-0.2, -0.15) is 18.3 Å². The summed E-state index contributed by atoms with van der Waals surface area (Å²) in [7, 11) is 0. The van der Waals surface area contributed by atoms with Crippen molar-refractivity contribution in [2.75, 3.05) is 6.54 Å². The van der Waals surface area contributed by atoms with Crippen LogP contribution >= 0.6 is 11.3 Å². The third-order valence-electron chi connectivity index (χ3n) is 6.70. The molecule has 6 nitrogen and oxygen atoms in total. The summed E-state index contributed by atoms with van der Waals surface area (Å²) in [4.78, 5) is 11.3. The monoisotopic (exact) mass is 535 g/mol. The summed E-state index contributed by atoms with van der Waals surface area (Å²) in [5.74, 6) is -1.64. The average molecular weight is 536 g/mol. The lowest BCUT2D eigenvalue weighted by Gasteiger charge is -2.42. The Balaban J connectivity index is 1.45. The van der Waals surface area contributed by atoms with Crippen LogP contribution in [0.5, 0.6) is 0 Å². The van der Waals surface area contributed by atoms with Crippen molar-refractivity contribution in [3.63, 3.8) is 0 Å². The summed E-state index contributed by atoms with van der Waals surface area (Å²) in [6, 6.07) is 7.45. The highest BCUT2D eigenvalue weighted by atomic mass is 32.1.